The van der Waals surface area contributed by atoms with E-state index < -0.39 is 5.97 Å². The van der Waals surface area contributed by atoms with Gasteiger partial charge < -0.3 is 14.8 Å². The fraction of sp³-hybridized carbons (Fsp3) is 0.200. The quantitative estimate of drug-likeness (QED) is 0.755. The topological polar surface area (TPSA) is 79.5 Å². The van der Waals surface area contributed by atoms with Crippen LogP contribution in [-0.4, -0.2) is 17.0 Å². The molecule has 5 nitrogen and oxygen atoms in total. The van der Waals surface area contributed by atoms with Crippen molar-refractivity contribution in [1.82, 2.24) is 5.32 Å². The number of aryl methyl sites for hydroxylation is 1. The van der Waals surface area contributed by atoms with Crippen molar-refractivity contribution in [3.8, 4) is 0 Å². The fourth-order valence-corrected chi connectivity index (χ4v) is 1.46. The number of furan rings is 1. The molecule has 0 saturated carbocycles. The van der Waals surface area contributed by atoms with Crippen LogP contribution in [0.5, 0.6) is 0 Å². The van der Waals surface area contributed by atoms with Gasteiger partial charge in [0.05, 0.1) is 24.0 Å². The van der Waals surface area contributed by atoms with Crippen molar-refractivity contribution in [1.29, 1.82) is 0 Å². The Kier molecular flexibility index (Phi) is 2.07. The van der Waals surface area contributed by atoms with Gasteiger partial charge in [-0.15, -0.1) is 0 Å². The first-order chi connectivity index (χ1) is 7.08. The summed E-state index contributed by atoms with van der Waals surface area (Å²) in [6, 6.07) is 1.68. The molecule has 5 heteroatoms. The smallest absolute Gasteiger partial charge is 0.334 e. The minimum Gasteiger partial charge on any atom is -0.478 e. The molecule has 0 aliphatic carbocycles. The zero-order chi connectivity index (χ0) is 11.0. The first-order valence-corrected chi connectivity index (χ1v) is 4.39. The fourth-order valence-electron chi connectivity index (χ4n) is 1.46. The van der Waals surface area contributed by atoms with E-state index in [9.17, 15) is 9.59 Å². The summed E-state index contributed by atoms with van der Waals surface area (Å²) in [5.41, 5.74) is 1.19. The minimum atomic E-state index is -1.10. The summed E-state index contributed by atoms with van der Waals surface area (Å²) in [6.07, 6.45) is 1.40. The average Bonchev–Trinajstić information content (AvgIpc) is 2.71. The van der Waals surface area contributed by atoms with E-state index in [0.29, 0.717) is 5.76 Å². The van der Waals surface area contributed by atoms with Gasteiger partial charge in [-0.3, -0.25) is 4.79 Å². The SMILES string of the molecule is Cc1coc(C2=C(C(=O)O)CC(=O)N2)c1. The summed E-state index contributed by atoms with van der Waals surface area (Å²) in [5.74, 6) is -1.04. The predicted octanol–water partition coefficient (Wildman–Crippen LogP) is 0.904. The largest absolute Gasteiger partial charge is 0.478 e. The molecule has 1 aliphatic rings. The number of amides is 1. The Morgan fingerprint density at radius 3 is 2.87 bits per heavy atom. The lowest BCUT2D eigenvalue weighted by molar-refractivity contribution is -0.133. The highest BCUT2D eigenvalue weighted by Crippen LogP contribution is 2.25. The molecule has 1 aliphatic heterocycles. The molecule has 15 heavy (non-hydrogen) atoms. The summed E-state index contributed by atoms with van der Waals surface area (Å²) < 4.78 is 5.14. The van der Waals surface area contributed by atoms with E-state index in [4.69, 9.17) is 9.52 Å². The molecule has 0 bridgehead atoms. The number of aliphatic carboxylic acids is 1. The highest BCUT2D eigenvalue weighted by molar-refractivity contribution is 6.08. The molecule has 0 fully saturated rings. The van der Waals surface area contributed by atoms with Gasteiger partial charge in [0, 0.05) is 0 Å². The van der Waals surface area contributed by atoms with Gasteiger partial charge in [-0.1, -0.05) is 0 Å². The molecular formula is C10H9NO4. The number of nitrogens with one attached hydrogen (secondary N) is 1. The third-order valence-electron chi connectivity index (χ3n) is 2.14. The molecule has 0 unspecified atom stereocenters. The molecule has 2 rings (SSSR count). The van der Waals surface area contributed by atoms with Gasteiger partial charge >= 0.3 is 5.97 Å². The van der Waals surface area contributed by atoms with Crippen LogP contribution in [0.25, 0.3) is 5.70 Å². The molecule has 0 radical (unpaired) electrons. The number of carboxylic acid groups (broad SMARTS) is 1. The van der Waals surface area contributed by atoms with Gasteiger partial charge in [0.25, 0.3) is 0 Å². The summed E-state index contributed by atoms with van der Waals surface area (Å²) in [6.45, 7) is 1.82. The zero-order valence-electron chi connectivity index (χ0n) is 8.03. The maximum atomic E-state index is 11.1. The Morgan fingerprint density at radius 2 is 2.33 bits per heavy atom. The monoisotopic (exact) mass is 207 g/mol. The second-order valence-corrected chi connectivity index (χ2v) is 3.37. The number of hydrogen-bond acceptors (Lipinski definition) is 3. The maximum absolute atomic E-state index is 11.1. The lowest BCUT2D eigenvalue weighted by atomic mass is 10.1. The Hall–Kier alpha value is -2.04. The van der Waals surface area contributed by atoms with Crippen molar-refractivity contribution < 1.29 is 19.1 Å². The molecule has 2 N–H and O–H groups in total. The molecule has 1 amide bonds. The molecule has 0 aromatic carbocycles. The number of carbonyl (C=O) groups is 2. The van der Waals surface area contributed by atoms with Crippen molar-refractivity contribution in [3.05, 3.63) is 29.2 Å². The van der Waals surface area contributed by atoms with Crippen LogP contribution in [0.4, 0.5) is 0 Å². The van der Waals surface area contributed by atoms with Crippen LogP contribution in [0.1, 0.15) is 17.7 Å². The van der Waals surface area contributed by atoms with Crippen molar-refractivity contribution in [3.63, 3.8) is 0 Å². The third-order valence-corrected chi connectivity index (χ3v) is 2.14. The lowest BCUT2D eigenvalue weighted by Crippen LogP contribution is -2.13. The molecule has 78 valence electrons. The van der Waals surface area contributed by atoms with E-state index in [2.05, 4.69) is 5.32 Å². The van der Waals surface area contributed by atoms with Crippen molar-refractivity contribution >= 4 is 17.6 Å². The van der Waals surface area contributed by atoms with Crippen molar-refractivity contribution in [2.75, 3.05) is 0 Å². The highest BCUT2D eigenvalue weighted by Gasteiger charge is 2.28. The number of hydrogen-bond donors (Lipinski definition) is 2. The Labute approximate surface area is 85.4 Å². The van der Waals surface area contributed by atoms with E-state index in [1.807, 2.05) is 6.92 Å². The maximum Gasteiger partial charge on any atom is 0.334 e. The summed E-state index contributed by atoms with van der Waals surface area (Å²) in [7, 11) is 0. The van der Waals surface area contributed by atoms with Gasteiger partial charge in [-0.2, -0.15) is 0 Å². The summed E-state index contributed by atoms with van der Waals surface area (Å²) in [5, 5.41) is 11.4. The Bertz CT molecular complexity index is 470. The molecule has 2 heterocycles. The number of rotatable bonds is 2. The molecular weight excluding hydrogens is 198 g/mol. The second-order valence-electron chi connectivity index (χ2n) is 3.37. The second kappa shape index (κ2) is 3.27. The van der Waals surface area contributed by atoms with Crippen LogP contribution in [0.2, 0.25) is 0 Å². The summed E-state index contributed by atoms with van der Waals surface area (Å²) >= 11 is 0. The standard InChI is InChI=1S/C10H9NO4/c1-5-2-7(15-4-5)9-6(10(13)14)3-8(12)11-9/h2,4H,3H2,1H3,(H,11,12)(H,13,14). The van der Waals surface area contributed by atoms with Gasteiger partial charge in [-0.25, -0.2) is 4.79 Å². The average molecular weight is 207 g/mol. The predicted molar refractivity (Wildman–Crippen MR) is 50.8 cm³/mol. The molecule has 1 aromatic heterocycles. The molecule has 0 spiro atoms. The van der Waals surface area contributed by atoms with Crippen LogP contribution in [0, 0.1) is 6.92 Å². The van der Waals surface area contributed by atoms with Crippen LogP contribution in [0.15, 0.2) is 22.3 Å². The van der Waals surface area contributed by atoms with Gasteiger partial charge in [0.1, 0.15) is 0 Å². The van der Waals surface area contributed by atoms with Gasteiger partial charge in [0.2, 0.25) is 5.91 Å². The van der Waals surface area contributed by atoms with E-state index in [1.165, 1.54) is 6.26 Å². The highest BCUT2D eigenvalue weighted by atomic mass is 16.4. The molecule has 0 atom stereocenters. The Morgan fingerprint density at radius 1 is 1.60 bits per heavy atom. The summed E-state index contributed by atoms with van der Waals surface area (Å²) in [4.78, 5) is 21.9. The third kappa shape index (κ3) is 1.63. The normalized spacial score (nSPS) is 15.7. The van der Waals surface area contributed by atoms with Crippen LogP contribution in [-0.2, 0) is 9.59 Å². The Balaban J connectivity index is 2.45. The zero-order valence-corrected chi connectivity index (χ0v) is 8.03. The number of carboxylic acids is 1. The molecule has 1 aromatic rings. The molecule has 0 saturated heterocycles. The minimum absolute atomic E-state index is 0.0503. The van der Waals surface area contributed by atoms with E-state index in [-0.39, 0.29) is 23.6 Å². The van der Waals surface area contributed by atoms with Gasteiger partial charge in [0.15, 0.2) is 5.76 Å². The van der Waals surface area contributed by atoms with Crippen LogP contribution >= 0.6 is 0 Å². The van der Waals surface area contributed by atoms with Crippen LogP contribution < -0.4 is 5.32 Å². The number of carbonyl (C=O) groups excluding carboxylic acids is 1. The first-order valence-electron chi connectivity index (χ1n) is 4.39. The lowest BCUT2D eigenvalue weighted by Gasteiger charge is -1.98. The van der Waals surface area contributed by atoms with Crippen molar-refractivity contribution in [2.45, 2.75) is 13.3 Å². The van der Waals surface area contributed by atoms with E-state index in [1.54, 1.807) is 6.07 Å². The van der Waals surface area contributed by atoms with Gasteiger partial charge in [-0.05, 0) is 18.6 Å². The first kappa shape index (κ1) is 9.51. The van der Waals surface area contributed by atoms with E-state index >= 15 is 0 Å². The van der Waals surface area contributed by atoms with Crippen LogP contribution in [0.3, 0.4) is 0 Å². The van der Waals surface area contributed by atoms with E-state index in [0.717, 1.165) is 5.56 Å². The van der Waals surface area contributed by atoms with Crippen molar-refractivity contribution in [2.24, 2.45) is 0 Å².